The average Bonchev–Trinajstić information content (AvgIpc) is 3.55. The highest BCUT2D eigenvalue weighted by Gasteiger charge is 2.28. The summed E-state index contributed by atoms with van der Waals surface area (Å²) in [5.74, 6) is 0.282. The van der Waals surface area contributed by atoms with Gasteiger partial charge in [0.25, 0.3) is 5.91 Å². The average molecular weight is 445 g/mol. The molecule has 1 aliphatic rings. The van der Waals surface area contributed by atoms with Crippen LogP contribution in [0.3, 0.4) is 0 Å². The highest BCUT2D eigenvalue weighted by molar-refractivity contribution is 6.43. The fraction of sp³-hybridized carbons (Fsp3) is 0.238. The van der Waals surface area contributed by atoms with Crippen molar-refractivity contribution in [1.29, 1.82) is 0 Å². The zero-order valence-corrected chi connectivity index (χ0v) is 17.5. The lowest BCUT2D eigenvalue weighted by Gasteiger charge is -2.16. The summed E-state index contributed by atoms with van der Waals surface area (Å²) in [6, 6.07) is 6.51. The summed E-state index contributed by atoms with van der Waals surface area (Å²) in [5.41, 5.74) is 6.92. The largest absolute Gasteiger partial charge is 0.495 e. The number of nitrogens with two attached hydrogens (primary N) is 1. The second kappa shape index (κ2) is 8.08. The van der Waals surface area contributed by atoms with Gasteiger partial charge in [0.2, 0.25) is 0 Å². The van der Waals surface area contributed by atoms with Crippen molar-refractivity contribution in [1.82, 2.24) is 9.97 Å². The quantitative estimate of drug-likeness (QED) is 0.530. The summed E-state index contributed by atoms with van der Waals surface area (Å²) >= 11 is 12.9. The molecule has 2 aromatic carbocycles. The summed E-state index contributed by atoms with van der Waals surface area (Å²) in [6.45, 7) is 0. The smallest absolute Gasteiger partial charge is 0.257 e. The molecule has 0 saturated heterocycles. The number of nitrogens with zero attached hydrogens (tertiary/aromatic N) is 2. The van der Waals surface area contributed by atoms with Crippen LogP contribution in [0.2, 0.25) is 10.0 Å². The molecule has 0 unspecified atom stereocenters. The Labute approximate surface area is 182 Å². The minimum atomic E-state index is -0.503. The van der Waals surface area contributed by atoms with E-state index < -0.39 is 5.91 Å². The number of hydrogen-bond acceptors (Lipinski definition) is 6. The van der Waals surface area contributed by atoms with Crippen molar-refractivity contribution in [2.75, 3.05) is 18.2 Å². The lowest BCUT2D eigenvalue weighted by molar-refractivity contribution is 0.0973. The van der Waals surface area contributed by atoms with Crippen LogP contribution in [0.4, 0.5) is 11.5 Å². The van der Waals surface area contributed by atoms with Crippen LogP contribution in [0.15, 0.2) is 30.6 Å². The number of carbonyl (C=O) groups excluding carboxylic acids is 2. The Morgan fingerprint density at radius 3 is 2.67 bits per heavy atom. The van der Waals surface area contributed by atoms with Gasteiger partial charge in [-0.15, -0.1) is 0 Å². The van der Waals surface area contributed by atoms with Gasteiger partial charge >= 0.3 is 0 Å². The maximum atomic E-state index is 13.1. The Hall–Kier alpha value is -2.90. The molecule has 1 aromatic heterocycles. The number of nitrogens with one attached hydrogen (secondary N) is 1. The van der Waals surface area contributed by atoms with Gasteiger partial charge in [-0.3, -0.25) is 9.59 Å². The Bertz CT molecular complexity index is 1180. The van der Waals surface area contributed by atoms with Gasteiger partial charge in [0.15, 0.2) is 5.78 Å². The number of aromatic nitrogens is 2. The zero-order chi connectivity index (χ0) is 21.4. The highest BCUT2D eigenvalue weighted by Crippen LogP contribution is 2.42. The molecule has 4 rings (SSSR count). The van der Waals surface area contributed by atoms with E-state index in [2.05, 4.69) is 15.3 Å². The molecule has 7 nitrogen and oxygen atoms in total. The summed E-state index contributed by atoms with van der Waals surface area (Å²) < 4.78 is 5.29. The number of rotatable bonds is 6. The molecule has 0 aliphatic heterocycles. The molecule has 0 radical (unpaired) electrons. The molecule has 154 valence electrons. The SMILES string of the molecule is COc1cc(C(=O)CC2CC2)c(Cl)c(NC(=O)c2cccc3c(N)ncnc23)c1Cl. The van der Waals surface area contributed by atoms with Gasteiger partial charge in [0.05, 0.1) is 28.9 Å². The van der Waals surface area contributed by atoms with E-state index in [4.69, 9.17) is 33.7 Å². The van der Waals surface area contributed by atoms with E-state index in [9.17, 15) is 9.59 Å². The molecule has 9 heteroatoms. The van der Waals surface area contributed by atoms with E-state index in [-0.39, 0.29) is 44.2 Å². The molecule has 3 N–H and O–H groups in total. The molecule has 1 heterocycles. The van der Waals surface area contributed by atoms with E-state index in [0.717, 1.165) is 12.8 Å². The Kier molecular flexibility index (Phi) is 5.49. The van der Waals surface area contributed by atoms with E-state index in [0.29, 0.717) is 23.2 Å². The number of para-hydroxylation sites is 1. The number of amides is 1. The van der Waals surface area contributed by atoms with Crippen LogP contribution in [0.1, 0.15) is 40.0 Å². The number of Topliss-reactive ketones (excluding diaryl/α,β-unsaturated/α-hetero) is 1. The minimum absolute atomic E-state index is 0.0779. The number of ether oxygens (including phenoxy) is 1. The van der Waals surface area contributed by atoms with Crippen molar-refractivity contribution in [3.05, 3.63) is 51.8 Å². The van der Waals surface area contributed by atoms with Crippen molar-refractivity contribution in [3.63, 3.8) is 0 Å². The predicted molar refractivity (Wildman–Crippen MR) is 117 cm³/mol. The second-order valence-electron chi connectivity index (χ2n) is 7.11. The fourth-order valence-corrected chi connectivity index (χ4v) is 3.86. The molecule has 0 bridgehead atoms. The predicted octanol–water partition coefficient (Wildman–Crippen LogP) is 4.76. The third-order valence-corrected chi connectivity index (χ3v) is 5.81. The van der Waals surface area contributed by atoms with E-state index in [1.165, 1.54) is 19.5 Å². The van der Waals surface area contributed by atoms with Crippen LogP contribution < -0.4 is 15.8 Å². The van der Waals surface area contributed by atoms with Gasteiger partial charge in [-0.05, 0) is 37.0 Å². The maximum absolute atomic E-state index is 13.1. The molecule has 0 spiro atoms. The van der Waals surface area contributed by atoms with Crippen molar-refractivity contribution in [2.45, 2.75) is 19.3 Å². The number of fused-ring (bicyclic) bond motifs is 1. The van der Waals surface area contributed by atoms with Crippen LogP contribution in [-0.4, -0.2) is 28.8 Å². The van der Waals surface area contributed by atoms with E-state index in [1.807, 2.05) is 0 Å². The number of benzene rings is 2. The Balaban J connectivity index is 1.74. The topological polar surface area (TPSA) is 107 Å². The summed E-state index contributed by atoms with van der Waals surface area (Å²) in [4.78, 5) is 33.9. The maximum Gasteiger partial charge on any atom is 0.257 e. The molecule has 1 saturated carbocycles. The molecule has 0 atom stereocenters. The number of ketones is 1. The van der Waals surface area contributed by atoms with Gasteiger partial charge < -0.3 is 15.8 Å². The first-order valence-corrected chi connectivity index (χ1v) is 10.1. The first kappa shape index (κ1) is 20.4. The lowest BCUT2D eigenvalue weighted by Crippen LogP contribution is -2.15. The zero-order valence-electron chi connectivity index (χ0n) is 16.0. The molecule has 1 aliphatic carbocycles. The first-order chi connectivity index (χ1) is 14.4. The first-order valence-electron chi connectivity index (χ1n) is 9.30. The summed E-state index contributed by atoms with van der Waals surface area (Å²) in [6.07, 6.45) is 3.75. The minimum Gasteiger partial charge on any atom is -0.495 e. The third-order valence-electron chi connectivity index (χ3n) is 5.04. The Morgan fingerprint density at radius 2 is 1.97 bits per heavy atom. The van der Waals surface area contributed by atoms with Crippen LogP contribution in [0, 0.1) is 5.92 Å². The van der Waals surface area contributed by atoms with Gasteiger partial charge in [-0.2, -0.15) is 0 Å². The van der Waals surface area contributed by atoms with Gasteiger partial charge in [0, 0.05) is 17.4 Å². The molecular formula is C21H18Cl2N4O3. The Morgan fingerprint density at radius 1 is 1.20 bits per heavy atom. The van der Waals surface area contributed by atoms with Crippen molar-refractivity contribution < 1.29 is 14.3 Å². The molecular weight excluding hydrogens is 427 g/mol. The number of carbonyl (C=O) groups is 2. The highest BCUT2D eigenvalue weighted by atomic mass is 35.5. The van der Waals surface area contributed by atoms with Crippen LogP contribution in [0.25, 0.3) is 10.9 Å². The lowest BCUT2D eigenvalue weighted by atomic mass is 10.0. The van der Waals surface area contributed by atoms with Crippen LogP contribution in [0.5, 0.6) is 5.75 Å². The van der Waals surface area contributed by atoms with Crippen molar-refractivity contribution >= 4 is 57.3 Å². The van der Waals surface area contributed by atoms with Crippen molar-refractivity contribution in [3.8, 4) is 5.75 Å². The number of anilines is 2. The normalized spacial score (nSPS) is 13.3. The van der Waals surface area contributed by atoms with E-state index >= 15 is 0 Å². The number of methoxy groups -OCH3 is 1. The molecule has 1 fully saturated rings. The van der Waals surface area contributed by atoms with Crippen molar-refractivity contribution in [2.24, 2.45) is 5.92 Å². The third kappa shape index (κ3) is 3.78. The van der Waals surface area contributed by atoms with Crippen LogP contribution >= 0.6 is 23.2 Å². The monoisotopic (exact) mass is 444 g/mol. The molecule has 3 aromatic rings. The number of hydrogen-bond donors (Lipinski definition) is 2. The van der Waals surface area contributed by atoms with Gasteiger partial charge in [-0.1, -0.05) is 29.3 Å². The molecule has 30 heavy (non-hydrogen) atoms. The van der Waals surface area contributed by atoms with E-state index in [1.54, 1.807) is 18.2 Å². The van der Waals surface area contributed by atoms with Crippen LogP contribution in [-0.2, 0) is 0 Å². The molecule has 1 amide bonds. The number of halogens is 2. The van der Waals surface area contributed by atoms with Gasteiger partial charge in [0.1, 0.15) is 22.9 Å². The summed E-state index contributed by atoms with van der Waals surface area (Å²) in [5, 5.41) is 3.44. The fourth-order valence-electron chi connectivity index (χ4n) is 3.24. The second-order valence-corrected chi connectivity index (χ2v) is 7.87. The standard InChI is InChI=1S/C21H18Cl2N4O3/c1-30-15-8-13(14(28)7-10-5-6-10)16(22)19(17(15)23)27-21(29)12-4-2-3-11-18(12)25-9-26-20(11)24/h2-4,8-10H,5-7H2,1H3,(H,27,29)(H2,24,25,26). The summed E-state index contributed by atoms with van der Waals surface area (Å²) in [7, 11) is 1.43. The number of nitrogen functional groups attached to an aromatic ring is 1. The van der Waals surface area contributed by atoms with Gasteiger partial charge in [-0.25, -0.2) is 9.97 Å².